The van der Waals surface area contributed by atoms with E-state index >= 15 is 0 Å². The summed E-state index contributed by atoms with van der Waals surface area (Å²) in [7, 11) is 0. The Morgan fingerprint density at radius 1 is 1.26 bits per heavy atom. The topological polar surface area (TPSA) is 76.1 Å². The van der Waals surface area contributed by atoms with E-state index < -0.39 is 5.97 Å². The molecule has 3 rings (SSSR count). The first-order valence-electron chi connectivity index (χ1n) is 6.07. The number of ether oxygens (including phenoxy) is 2. The number of aliphatic carboxylic acids is 1. The number of carboxylic acids is 1. The summed E-state index contributed by atoms with van der Waals surface area (Å²) in [5.41, 5.74) is 0.428. The Kier molecular flexibility index (Phi) is 2.77. The fourth-order valence-electron chi connectivity index (χ4n) is 2.09. The number of carboxylic acid groups (broad SMARTS) is 1. The summed E-state index contributed by atoms with van der Waals surface area (Å²) in [5.74, 6) is -0.145. The molecule has 1 aliphatic carbocycles. The van der Waals surface area contributed by atoms with Crippen LogP contribution in [0.2, 0.25) is 0 Å². The number of amides is 1. The third kappa shape index (κ3) is 2.33. The number of rotatable bonds is 4. The standard InChI is InChI=1S/C13H13NO5/c15-12(16)6-14(9-2-3-9)13(17)8-1-4-10-11(5-8)19-7-18-10/h1,4-5,9H,2-3,6-7H2,(H,15,16). The maximum absolute atomic E-state index is 12.3. The van der Waals surface area contributed by atoms with E-state index in [9.17, 15) is 9.59 Å². The highest BCUT2D eigenvalue weighted by atomic mass is 16.7. The van der Waals surface area contributed by atoms with Gasteiger partial charge < -0.3 is 19.5 Å². The third-order valence-corrected chi connectivity index (χ3v) is 3.17. The van der Waals surface area contributed by atoms with Crippen LogP contribution in [0.25, 0.3) is 0 Å². The van der Waals surface area contributed by atoms with Crippen LogP contribution in [0.5, 0.6) is 11.5 Å². The van der Waals surface area contributed by atoms with E-state index in [2.05, 4.69) is 0 Å². The molecule has 1 N–H and O–H groups in total. The summed E-state index contributed by atoms with van der Waals surface area (Å²) in [6.45, 7) is -0.119. The number of nitrogens with zero attached hydrogens (tertiary/aromatic N) is 1. The van der Waals surface area contributed by atoms with Gasteiger partial charge in [0.1, 0.15) is 6.54 Å². The van der Waals surface area contributed by atoms with Crippen molar-refractivity contribution < 1.29 is 24.2 Å². The van der Waals surface area contributed by atoms with Crippen molar-refractivity contribution in [3.8, 4) is 11.5 Å². The quantitative estimate of drug-likeness (QED) is 0.880. The Balaban J connectivity index is 1.83. The minimum absolute atomic E-state index is 0.0500. The van der Waals surface area contributed by atoms with Crippen LogP contribution in [0.4, 0.5) is 0 Å². The Hall–Kier alpha value is -2.24. The van der Waals surface area contributed by atoms with E-state index in [0.29, 0.717) is 17.1 Å². The van der Waals surface area contributed by atoms with E-state index in [4.69, 9.17) is 14.6 Å². The molecule has 1 amide bonds. The van der Waals surface area contributed by atoms with Gasteiger partial charge in [-0.15, -0.1) is 0 Å². The Morgan fingerprint density at radius 3 is 2.68 bits per heavy atom. The molecule has 0 radical (unpaired) electrons. The van der Waals surface area contributed by atoms with Crippen molar-refractivity contribution >= 4 is 11.9 Å². The highest BCUT2D eigenvalue weighted by Gasteiger charge is 2.34. The average molecular weight is 263 g/mol. The summed E-state index contributed by atoms with van der Waals surface area (Å²) < 4.78 is 10.4. The predicted molar refractivity (Wildman–Crippen MR) is 64.3 cm³/mol. The Morgan fingerprint density at radius 2 is 2.00 bits per heavy atom. The monoisotopic (exact) mass is 263 g/mol. The predicted octanol–water partition coefficient (Wildman–Crippen LogP) is 1.10. The number of carbonyl (C=O) groups excluding carboxylic acids is 1. The molecule has 2 aliphatic rings. The molecular formula is C13H13NO5. The SMILES string of the molecule is O=C(O)CN(C(=O)c1ccc2c(c1)OCO2)C1CC1. The molecule has 1 aromatic carbocycles. The van der Waals surface area contributed by atoms with Crippen LogP contribution in [0, 0.1) is 0 Å². The number of benzene rings is 1. The molecule has 0 bridgehead atoms. The van der Waals surface area contributed by atoms with Crippen molar-refractivity contribution in [1.29, 1.82) is 0 Å². The van der Waals surface area contributed by atoms with E-state index in [-0.39, 0.29) is 25.3 Å². The van der Waals surface area contributed by atoms with Gasteiger partial charge in [-0.05, 0) is 31.0 Å². The van der Waals surface area contributed by atoms with Crippen LogP contribution in [0.3, 0.4) is 0 Å². The molecule has 1 aromatic rings. The molecule has 6 heteroatoms. The summed E-state index contributed by atoms with van der Waals surface area (Å²) >= 11 is 0. The summed E-state index contributed by atoms with van der Waals surface area (Å²) in [4.78, 5) is 24.6. The first-order chi connectivity index (χ1) is 9.15. The van der Waals surface area contributed by atoms with Crippen LogP contribution in [0.1, 0.15) is 23.2 Å². The first kappa shape index (κ1) is 11.8. The van der Waals surface area contributed by atoms with Crippen molar-refractivity contribution in [2.24, 2.45) is 0 Å². The van der Waals surface area contributed by atoms with Crippen molar-refractivity contribution in [2.45, 2.75) is 18.9 Å². The molecule has 0 atom stereocenters. The second kappa shape index (κ2) is 4.46. The molecular weight excluding hydrogens is 250 g/mol. The summed E-state index contributed by atoms with van der Waals surface area (Å²) in [5, 5.41) is 8.87. The fourth-order valence-corrected chi connectivity index (χ4v) is 2.09. The van der Waals surface area contributed by atoms with Crippen LogP contribution >= 0.6 is 0 Å². The van der Waals surface area contributed by atoms with Crippen molar-refractivity contribution in [3.63, 3.8) is 0 Å². The molecule has 1 fully saturated rings. The molecule has 0 spiro atoms. The van der Waals surface area contributed by atoms with Gasteiger partial charge in [0, 0.05) is 11.6 Å². The maximum atomic E-state index is 12.3. The summed E-state index contributed by atoms with van der Waals surface area (Å²) in [6.07, 6.45) is 1.73. The molecule has 6 nitrogen and oxygen atoms in total. The second-order valence-electron chi connectivity index (χ2n) is 4.63. The summed E-state index contributed by atoms with van der Waals surface area (Å²) in [6, 6.07) is 4.95. The lowest BCUT2D eigenvalue weighted by atomic mass is 10.1. The molecule has 1 saturated carbocycles. The van der Waals surface area contributed by atoms with Crippen LogP contribution in [-0.4, -0.2) is 41.3 Å². The zero-order valence-electron chi connectivity index (χ0n) is 10.2. The average Bonchev–Trinajstić information content (AvgIpc) is 3.12. The van der Waals surface area contributed by atoms with Crippen molar-refractivity contribution in [1.82, 2.24) is 4.90 Å². The highest BCUT2D eigenvalue weighted by Crippen LogP contribution is 2.34. The lowest BCUT2D eigenvalue weighted by Crippen LogP contribution is -2.37. The molecule has 0 aromatic heterocycles. The lowest BCUT2D eigenvalue weighted by molar-refractivity contribution is -0.137. The van der Waals surface area contributed by atoms with Gasteiger partial charge in [0.15, 0.2) is 11.5 Å². The van der Waals surface area contributed by atoms with Gasteiger partial charge in [-0.25, -0.2) is 0 Å². The largest absolute Gasteiger partial charge is 0.480 e. The zero-order chi connectivity index (χ0) is 13.4. The number of hydrogen-bond acceptors (Lipinski definition) is 4. The third-order valence-electron chi connectivity index (χ3n) is 3.17. The van der Waals surface area contributed by atoms with E-state index in [1.807, 2.05) is 0 Å². The normalized spacial score (nSPS) is 16.2. The van der Waals surface area contributed by atoms with Gasteiger partial charge in [-0.1, -0.05) is 0 Å². The maximum Gasteiger partial charge on any atom is 0.323 e. The minimum Gasteiger partial charge on any atom is -0.480 e. The number of hydrogen-bond donors (Lipinski definition) is 1. The molecule has 0 unspecified atom stereocenters. The van der Waals surface area contributed by atoms with Gasteiger partial charge in [0.25, 0.3) is 5.91 Å². The first-order valence-corrected chi connectivity index (χ1v) is 6.07. The Bertz CT molecular complexity index is 538. The van der Waals surface area contributed by atoms with Gasteiger partial charge >= 0.3 is 5.97 Å². The minimum atomic E-state index is -0.999. The smallest absolute Gasteiger partial charge is 0.323 e. The fraction of sp³-hybridized carbons (Fsp3) is 0.385. The lowest BCUT2D eigenvalue weighted by Gasteiger charge is -2.20. The molecule has 100 valence electrons. The van der Waals surface area contributed by atoms with Gasteiger partial charge in [0.2, 0.25) is 6.79 Å². The van der Waals surface area contributed by atoms with Crippen molar-refractivity contribution in [3.05, 3.63) is 23.8 Å². The number of fused-ring (bicyclic) bond motifs is 1. The second-order valence-corrected chi connectivity index (χ2v) is 4.63. The zero-order valence-corrected chi connectivity index (χ0v) is 10.2. The molecule has 0 saturated heterocycles. The van der Waals surface area contributed by atoms with Gasteiger partial charge in [0.05, 0.1) is 0 Å². The molecule has 1 heterocycles. The van der Waals surface area contributed by atoms with E-state index in [1.165, 1.54) is 4.90 Å². The highest BCUT2D eigenvalue weighted by molar-refractivity contribution is 5.97. The van der Waals surface area contributed by atoms with E-state index in [0.717, 1.165) is 12.8 Å². The van der Waals surface area contributed by atoms with Crippen LogP contribution in [-0.2, 0) is 4.79 Å². The molecule has 19 heavy (non-hydrogen) atoms. The van der Waals surface area contributed by atoms with Crippen molar-refractivity contribution in [2.75, 3.05) is 13.3 Å². The van der Waals surface area contributed by atoms with Crippen LogP contribution in [0.15, 0.2) is 18.2 Å². The van der Waals surface area contributed by atoms with E-state index in [1.54, 1.807) is 18.2 Å². The van der Waals surface area contributed by atoms with Crippen LogP contribution < -0.4 is 9.47 Å². The number of carbonyl (C=O) groups is 2. The van der Waals surface area contributed by atoms with Gasteiger partial charge in [-0.2, -0.15) is 0 Å². The molecule has 1 aliphatic heterocycles. The van der Waals surface area contributed by atoms with Gasteiger partial charge in [-0.3, -0.25) is 9.59 Å². The Labute approximate surface area is 109 Å².